The normalized spacial score (nSPS) is 13.8. The number of aryl methyl sites for hydroxylation is 2. The second-order valence-electron chi connectivity index (χ2n) is 4.87. The maximum absolute atomic E-state index is 11.8. The largest absolute Gasteiger partial charge is 0.396 e. The molecule has 0 radical (unpaired) electrons. The van der Waals surface area contributed by atoms with E-state index in [1.807, 2.05) is 45.9 Å². The van der Waals surface area contributed by atoms with Crippen LogP contribution in [0.2, 0.25) is 0 Å². The minimum Gasteiger partial charge on any atom is -0.396 e. The molecule has 1 aromatic rings. The first kappa shape index (κ1) is 14.5. The number of nitrogens with one attached hydrogen (secondary N) is 2. The molecule has 2 amide bonds. The maximum atomic E-state index is 11.8. The van der Waals surface area contributed by atoms with Crippen LogP contribution in [0.25, 0.3) is 0 Å². The highest BCUT2D eigenvalue weighted by atomic mass is 16.3. The Balaban J connectivity index is 2.59. The zero-order valence-corrected chi connectivity index (χ0v) is 11.4. The molecular weight excluding hydrogens is 228 g/mol. The average Bonchev–Trinajstić information content (AvgIpc) is 2.31. The van der Waals surface area contributed by atoms with Gasteiger partial charge < -0.3 is 15.7 Å². The summed E-state index contributed by atoms with van der Waals surface area (Å²) in [6.07, 6.45) is 0. The molecule has 0 aliphatic rings. The van der Waals surface area contributed by atoms with Crippen LogP contribution >= 0.6 is 0 Å². The molecule has 100 valence electrons. The Morgan fingerprint density at radius 1 is 1.33 bits per heavy atom. The summed E-state index contributed by atoms with van der Waals surface area (Å²) in [5.74, 6) is 0.0369. The van der Waals surface area contributed by atoms with E-state index in [4.69, 9.17) is 5.11 Å². The summed E-state index contributed by atoms with van der Waals surface area (Å²) in [5.41, 5.74) is 3.01. The van der Waals surface area contributed by atoms with Crippen LogP contribution in [0.4, 0.5) is 10.5 Å². The Morgan fingerprint density at radius 2 is 2.00 bits per heavy atom. The molecule has 1 aromatic carbocycles. The fraction of sp³-hybridized carbons (Fsp3) is 0.500. The van der Waals surface area contributed by atoms with Gasteiger partial charge in [0.1, 0.15) is 0 Å². The number of benzene rings is 1. The standard InChI is InChI=1S/C14H22N2O2/c1-9-5-6-13(10(2)7-9)16-14(18)15-12(4)11(3)8-17/h5-7,11-12,17H,8H2,1-4H3,(H2,15,16,18)/t11-,12+/m0/s1. The van der Waals surface area contributed by atoms with E-state index in [0.29, 0.717) is 0 Å². The number of carbonyl (C=O) groups excluding carboxylic acids is 1. The number of urea groups is 1. The first-order valence-corrected chi connectivity index (χ1v) is 6.19. The van der Waals surface area contributed by atoms with Crippen molar-refractivity contribution in [2.75, 3.05) is 11.9 Å². The lowest BCUT2D eigenvalue weighted by atomic mass is 10.1. The predicted molar refractivity (Wildman–Crippen MR) is 73.8 cm³/mol. The summed E-state index contributed by atoms with van der Waals surface area (Å²) < 4.78 is 0. The topological polar surface area (TPSA) is 61.4 Å². The summed E-state index contributed by atoms with van der Waals surface area (Å²) in [6, 6.07) is 5.57. The molecule has 0 spiro atoms. The molecular formula is C14H22N2O2. The minimum atomic E-state index is -0.241. The molecule has 4 nitrogen and oxygen atoms in total. The van der Waals surface area contributed by atoms with Crippen molar-refractivity contribution < 1.29 is 9.90 Å². The van der Waals surface area contributed by atoms with Crippen LogP contribution in [0.5, 0.6) is 0 Å². The van der Waals surface area contributed by atoms with Gasteiger partial charge in [-0.15, -0.1) is 0 Å². The summed E-state index contributed by atoms with van der Waals surface area (Å²) in [6.45, 7) is 7.81. The van der Waals surface area contributed by atoms with Crippen LogP contribution in [0.15, 0.2) is 18.2 Å². The van der Waals surface area contributed by atoms with E-state index < -0.39 is 0 Å². The molecule has 2 atom stereocenters. The van der Waals surface area contributed by atoms with Gasteiger partial charge in [-0.3, -0.25) is 0 Å². The number of rotatable bonds is 4. The molecule has 0 aliphatic heterocycles. The molecule has 0 fully saturated rings. The van der Waals surface area contributed by atoms with Crippen LogP contribution < -0.4 is 10.6 Å². The lowest BCUT2D eigenvalue weighted by Crippen LogP contribution is -2.40. The summed E-state index contributed by atoms with van der Waals surface area (Å²) in [5, 5.41) is 14.6. The molecule has 0 aliphatic carbocycles. The van der Waals surface area contributed by atoms with Gasteiger partial charge in [-0.25, -0.2) is 4.79 Å². The van der Waals surface area contributed by atoms with E-state index in [1.165, 1.54) is 5.56 Å². The van der Waals surface area contributed by atoms with E-state index in [-0.39, 0.29) is 24.6 Å². The molecule has 1 rings (SSSR count). The smallest absolute Gasteiger partial charge is 0.319 e. The van der Waals surface area contributed by atoms with Gasteiger partial charge in [0.2, 0.25) is 0 Å². The zero-order valence-electron chi connectivity index (χ0n) is 11.4. The van der Waals surface area contributed by atoms with Crippen LogP contribution in [0.3, 0.4) is 0 Å². The highest BCUT2D eigenvalue weighted by molar-refractivity contribution is 5.90. The van der Waals surface area contributed by atoms with Crippen molar-refractivity contribution in [2.45, 2.75) is 33.7 Å². The second kappa shape index (κ2) is 6.40. The molecule has 0 aromatic heterocycles. The lowest BCUT2D eigenvalue weighted by Gasteiger charge is -2.20. The Kier molecular flexibility index (Phi) is 5.16. The number of anilines is 1. The van der Waals surface area contributed by atoms with Gasteiger partial charge in [-0.2, -0.15) is 0 Å². The van der Waals surface area contributed by atoms with Gasteiger partial charge in [0, 0.05) is 18.3 Å². The third kappa shape index (κ3) is 4.04. The van der Waals surface area contributed by atoms with E-state index in [9.17, 15) is 4.79 Å². The third-order valence-electron chi connectivity index (χ3n) is 3.13. The van der Waals surface area contributed by atoms with Crippen molar-refractivity contribution in [3.05, 3.63) is 29.3 Å². The molecule has 0 unspecified atom stereocenters. The molecule has 0 heterocycles. The number of aliphatic hydroxyl groups is 1. The monoisotopic (exact) mass is 250 g/mol. The Hall–Kier alpha value is -1.55. The summed E-state index contributed by atoms with van der Waals surface area (Å²) in [7, 11) is 0. The fourth-order valence-electron chi connectivity index (χ4n) is 1.62. The highest BCUT2D eigenvalue weighted by Gasteiger charge is 2.14. The molecule has 0 saturated carbocycles. The number of amides is 2. The number of carbonyl (C=O) groups is 1. The minimum absolute atomic E-state index is 0.0369. The molecule has 3 N–H and O–H groups in total. The van der Waals surface area contributed by atoms with Crippen LogP contribution in [0, 0.1) is 19.8 Å². The number of hydrogen-bond donors (Lipinski definition) is 3. The van der Waals surface area contributed by atoms with Crippen LogP contribution in [-0.4, -0.2) is 23.8 Å². The van der Waals surface area contributed by atoms with Crippen molar-refractivity contribution in [1.82, 2.24) is 5.32 Å². The summed E-state index contributed by atoms with van der Waals surface area (Å²) >= 11 is 0. The molecule has 0 bridgehead atoms. The molecule has 0 saturated heterocycles. The van der Waals surface area contributed by atoms with Crippen molar-refractivity contribution in [3.8, 4) is 0 Å². The maximum Gasteiger partial charge on any atom is 0.319 e. The molecule has 18 heavy (non-hydrogen) atoms. The average molecular weight is 250 g/mol. The zero-order chi connectivity index (χ0) is 13.7. The van der Waals surface area contributed by atoms with Gasteiger partial charge in [-0.05, 0) is 38.3 Å². The Bertz CT molecular complexity index is 418. The van der Waals surface area contributed by atoms with E-state index in [0.717, 1.165) is 11.3 Å². The van der Waals surface area contributed by atoms with Crippen LogP contribution in [-0.2, 0) is 0 Å². The van der Waals surface area contributed by atoms with E-state index >= 15 is 0 Å². The third-order valence-corrected chi connectivity index (χ3v) is 3.13. The second-order valence-corrected chi connectivity index (χ2v) is 4.87. The number of aliphatic hydroxyl groups excluding tert-OH is 1. The fourth-order valence-corrected chi connectivity index (χ4v) is 1.62. The Morgan fingerprint density at radius 3 is 2.56 bits per heavy atom. The summed E-state index contributed by atoms with van der Waals surface area (Å²) in [4.78, 5) is 11.8. The van der Waals surface area contributed by atoms with Gasteiger partial charge in [0.15, 0.2) is 0 Å². The van der Waals surface area contributed by atoms with Gasteiger partial charge in [-0.1, -0.05) is 24.6 Å². The number of hydrogen-bond acceptors (Lipinski definition) is 2. The first-order valence-electron chi connectivity index (χ1n) is 6.19. The van der Waals surface area contributed by atoms with E-state index in [1.54, 1.807) is 0 Å². The predicted octanol–water partition coefficient (Wildman–Crippen LogP) is 2.44. The lowest BCUT2D eigenvalue weighted by molar-refractivity contribution is 0.204. The SMILES string of the molecule is Cc1ccc(NC(=O)N[C@H](C)[C@@H](C)CO)c(C)c1. The van der Waals surface area contributed by atoms with Crippen molar-refractivity contribution in [1.29, 1.82) is 0 Å². The van der Waals surface area contributed by atoms with E-state index in [2.05, 4.69) is 10.6 Å². The van der Waals surface area contributed by atoms with Gasteiger partial charge in [0.25, 0.3) is 0 Å². The van der Waals surface area contributed by atoms with Crippen molar-refractivity contribution in [2.24, 2.45) is 5.92 Å². The van der Waals surface area contributed by atoms with Crippen molar-refractivity contribution in [3.63, 3.8) is 0 Å². The first-order chi connectivity index (χ1) is 8.43. The molecule has 4 heteroatoms. The Labute approximate surface area is 108 Å². The van der Waals surface area contributed by atoms with Gasteiger partial charge >= 0.3 is 6.03 Å². The highest BCUT2D eigenvalue weighted by Crippen LogP contribution is 2.15. The van der Waals surface area contributed by atoms with Crippen molar-refractivity contribution >= 4 is 11.7 Å². The van der Waals surface area contributed by atoms with Gasteiger partial charge in [0.05, 0.1) is 0 Å². The quantitative estimate of drug-likeness (QED) is 0.768. The van der Waals surface area contributed by atoms with Crippen LogP contribution in [0.1, 0.15) is 25.0 Å².